The molecule has 2 aromatic heterocycles. The van der Waals surface area contributed by atoms with Gasteiger partial charge in [0.05, 0.1) is 17.5 Å². The van der Waals surface area contributed by atoms with Crippen LogP contribution in [0.5, 0.6) is 5.75 Å². The van der Waals surface area contributed by atoms with Gasteiger partial charge in [-0.25, -0.2) is 9.97 Å². The molecule has 1 aliphatic rings. The lowest BCUT2D eigenvalue weighted by Gasteiger charge is -2.38. The summed E-state index contributed by atoms with van der Waals surface area (Å²) in [4.78, 5) is 25.6. The van der Waals surface area contributed by atoms with Crippen LogP contribution in [0.2, 0.25) is 0 Å². The lowest BCUT2D eigenvalue weighted by molar-refractivity contribution is -0.136. The molecule has 3 N–H and O–H groups in total. The van der Waals surface area contributed by atoms with Crippen molar-refractivity contribution in [1.82, 2.24) is 15.0 Å². The molecule has 0 aliphatic carbocycles. The number of anilines is 1. The molecule has 3 aromatic rings. The minimum absolute atomic E-state index is 0.318. The zero-order chi connectivity index (χ0) is 15.3. The number of aromatic nitrogens is 3. The number of nitrogens with one attached hydrogen (secondary N) is 1. The summed E-state index contributed by atoms with van der Waals surface area (Å²) in [6.07, 6.45) is 1.54. The first kappa shape index (κ1) is 12.8. The Kier molecular flexibility index (Phi) is 2.49. The number of carbonyl (C=O) groups is 1. The molecule has 1 amide bonds. The number of para-hydroxylation sites is 2. The summed E-state index contributed by atoms with van der Waals surface area (Å²) in [6, 6.07) is 10.7. The number of ether oxygens (including phenoxy) is 1. The summed E-state index contributed by atoms with van der Waals surface area (Å²) in [5, 5.41) is 0. The van der Waals surface area contributed by atoms with Crippen LogP contribution in [0.15, 0.2) is 42.7 Å². The molecular weight excluding hydrogens is 282 g/mol. The van der Waals surface area contributed by atoms with Gasteiger partial charge < -0.3 is 14.6 Å². The Balaban J connectivity index is 1.87. The average Bonchev–Trinajstić information content (AvgIpc) is 3.00. The molecule has 0 saturated carbocycles. The molecule has 4 rings (SSSR count). The number of hydrogen-bond donors (Lipinski definition) is 2. The number of nitrogens with two attached hydrogens (primary N) is 1. The Labute approximate surface area is 125 Å². The van der Waals surface area contributed by atoms with Gasteiger partial charge in [0, 0.05) is 7.05 Å². The summed E-state index contributed by atoms with van der Waals surface area (Å²) in [6.45, 7) is 0. The molecular formula is C15H13N5O2. The average molecular weight is 295 g/mol. The van der Waals surface area contributed by atoms with Crippen LogP contribution < -0.4 is 15.4 Å². The molecule has 0 saturated heterocycles. The maximum absolute atomic E-state index is 12.7. The topological polar surface area (TPSA) is 97.1 Å². The Morgan fingerprint density at radius 3 is 2.95 bits per heavy atom. The number of H-pyrrole nitrogens is 1. The van der Waals surface area contributed by atoms with Crippen LogP contribution in [0, 0.1) is 0 Å². The SMILES string of the molecule is CN1C(=O)C(N)(c2ccc3[nH]cnc3n2)Oc2ccccc21. The van der Waals surface area contributed by atoms with Crippen LogP contribution in [0.4, 0.5) is 5.69 Å². The van der Waals surface area contributed by atoms with E-state index in [1.807, 2.05) is 12.1 Å². The smallest absolute Gasteiger partial charge is 0.293 e. The van der Waals surface area contributed by atoms with E-state index < -0.39 is 5.72 Å². The molecule has 0 radical (unpaired) electrons. The van der Waals surface area contributed by atoms with Crippen molar-refractivity contribution in [2.75, 3.05) is 11.9 Å². The molecule has 0 bridgehead atoms. The molecule has 1 aliphatic heterocycles. The quantitative estimate of drug-likeness (QED) is 0.701. The Hall–Kier alpha value is -2.93. The van der Waals surface area contributed by atoms with Crippen LogP contribution >= 0.6 is 0 Å². The fraction of sp³-hybridized carbons (Fsp3) is 0.133. The number of aromatic amines is 1. The number of likely N-dealkylation sites (N-methyl/N-ethyl adjacent to an activating group) is 1. The van der Waals surface area contributed by atoms with Crippen LogP contribution in [-0.4, -0.2) is 27.9 Å². The normalized spacial score (nSPS) is 20.8. The fourth-order valence-corrected chi connectivity index (χ4v) is 2.59. The second kappa shape index (κ2) is 4.28. The van der Waals surface area contributed by atoms with E-state index in [0.29, 0.717) is 22.8 Å². The lowest BCUT2D eigenvalue weighted by atomic mass is 10.0. The summed E-state index contributed by atoms with van der Waals surface area (Å²) >= 11 is 0. The first-order chi connectivity index (χ1) is 10.6. The van der Waals surface area contributed by atoms with Gasteiger partial charge in [-0.2, -0.15) is 0 Å². The van der Waals surface area contributed by atoms with Gasteiger partial charge in [0.15, 0.2) is 5.65 Å². The number of carbonyl (C=O) groups excluding carboxylic acids is 1. The summed E-state index contributed by atoms with van der Waals surface area (Å²) in [7, 11) is 1.67. The highest BCUT2D eigenvalue weighted by Gasteiger charge is 2.47. The van der Waals surface area contributed by atoms with E-state index in [2.05, 4.69) is 15.0 Å². The summed E-state index contributed by atoms with van der Waals surface area (Å²) < 4.78 is 5.80. The predicted molar refractivity (Wildman–Crippen MR) is 80.2 cm³/mol. The molecule has 0 fully saturated rings. The minimum Gasteiger partial charge on any atom is -0.455 e. The Morgan fingerprint density at radius 2 is 2.09 bits per heavy atom. The van der Waals surface area contributed by atoms with E-state index >= 15 is 0 Å². The molecule has 1 unspecified atom stereocenters. The summed E-state index contributed by atoms with van der Waals surface area (Å²) in [5.41, 5.74) is 6.85. The van der Waals surface area contributed by atoms with Crippen LogP contribution in [0.25, 0.3) is 11.2 Å². The van der Waals surface area contributed by atoms with Gasteiger partial charge in [-0.05, 0) is 24.3 Å². The number of pyridine rings is 1. The highest BCUT2D eigenvalue weighted by atomic mass is 16.5. The van der Waals surface area contributed by atoms with Crippen molar-refractivity contribution in [3.63, 3.8) is 0 Å². The number of imidazole rings is 1. The minimum atomic E-state index is -1.67. The number of nitrogens with zero attached hydrogens (tertiary/aromatic N) is 3. The van der Waals surface area contributed by atoms with Crippen molar-refractivity contribution < 1.29 is 9.53 Å². The molecule has 7 heteroatoms. The standard InChI is InChI=1S/C15H13N5O2/c1-20-10-4-2-3-5-11(10)22-15(16,14(20)21)12-7-6-9-13(19-12)18-8-17-9/h2-8H,16H2,1H3,(H,17,18,19). The van der Waals surface area contributed by atoms with Gasteiger partial charge in [0.1, 0.15) is 11.4 Å². The first-order valence-electron chi connectivity index (χ1n) is 6.75. The lowest BCUT2D eigenvalue weighted by Crippen LogP contribution is -2.59. The van der Waals surface area contributed by atoms with Crippen molar-refractivity contribution in [2.24, 2.45) is 5.73 Å². The fourth-order valence-electron chi connectivity index (χ4n) is 2.59. The van der Waals surface area contributed by atoms with Gasteiger partial charge in [0.25, 0.3) is 11.6 Å². The highest BCUT2D eigenvalue weighted by molar-refractivity contribution is 6.02. The zero-order valence-electron chi connectivity index (χ0n) is 11.8. The van der Waals surface area contributed by atoms with Gasteiger partial charge in [0.2, 0.25) is 0 Å². The van der Waals surface area contributed by atoms with Crippen molar-refractivity contribution in [1.29, 1.82) is 0 Å². The van der Waals surface area contributed by atoms with Gasteiger partial charge in [-0.1, -0.05) is 12.1 Å². The molecule has 0 spiro atoms. The number of hydrogen-bond acceptors (Lipinski definition) is 5. The van der Waals surface area contributed by atoms with Crippen molar-refractivity contribution in [3.8, 4) is 5.75 Å². The van der Waals surface area contributed by atoms with E-state index in [1.54, 1.807) is 31.3 Å². The maximum Gasteiger partial charge on any atom is 0.293 e. The summed E-state index contributed by atoms with van der Waals surface area (Å²) in [5.74, 6) is 0.157. The highest BCUT2D eigenvalue weighted by Crippen LogP contribution is 2.38. The monoisotopic (exact) mass is 295 g/mol. The molecule has 1 atom stereocenters. The van der Waals surface area contributed by atoms with Crippen LogP contribution in [0.3, 0.4) is 0 Å². The predicted octanol–water partition coefficient (Wildman–Crippen LogP) is 1.12. The van der Waals surface area contributed by atoms with Crippen LogP contribution in [0.1, 0.15) is 5.69 Å². The third-order valence-electron chi connectivity index (χ3n) is 3.78. The van der Waals surface area contributed by atoms with Crippen molar-refractivity contribution in [2.45, 2.75) is 5.72 Å². The second-order valence-electron chi connectivity index (χ2n) is 5.14. The zero-order valence-corrected chi connectivity index (χ0v) is 11.8. The van der Waals surface area contributed by atoms with E-state index in [0.717, 1.165) is 5.52 Å². The second-order valence-corrected chi connectivity index (χ2v) is 5.14. The Bertz CT molecular complexity index is 890. The number of rotatable bonds is 1. The van der Waals surface area contributed by atoms with Gasteiger partial charge in [-0.15, -0.1) is 0 Å². The number of fused-ring (bicyclic) bond motifs is 2. The first-order valence-corrected chi connectivity index (χ1v) is 6.75. The van der Waals surface area contributed by atoms with E-state index in [-0.39, 0.29) is 5.91 Å². The number of benzene rings is 1. The third kappa shape index (κ3) is 1.63. The van der Waals surface area contributed by atoms with Crippen LogP contribution in [-0.2, 0) is 10.5 Å². The third-order valence-corrected chi connectivity index (χ3v) is 3.78. The molecule has 7 nitrogen and oxygen atoms in total. The van der Waals surface area contributed by atoms with E-state index in [4.69, 9.17) is 10.5 Å². The molecule has 110 valence electrons. The van der Waals surface area contributed by atoms with Gasteiger partial charge >= 0.3 is 0 Å². The van der Waals surface area contributed by atoms with Crippen molar-refractivity contribution in [3.05, 3.63) is 48.4 Å². The van der Waals surface area contributed by atoms with Gasteiger partial charge in [-0.3, -0.25) is 10.5 Å². The maximum atomic E-state index is 12.7. The molecule has 3 heterocycles. The largest absolute Gasteiger partial charge is 0.455 e. The van der Waals surface area contributed by atoms with E-state index in [9.17, 15) is 4.79 Å². The van der Waals surface area contributed by atoms with Crippen molar-refractivity contribution >= 4 is 22.8 Å². The molecule has 1 aromatic carbocycles. The Morgan fingerprint density at radius 1 is 1.27 bits per heavy atom. The molecule has 22 heavy (non-hydrogen) atoms. The number of amides is 1. The van der Waals surface area contributed by atoms with E-state index in [1.165, 1.54) is 11.2 Å².